The third-order valence-electron chi connectivity index (χ3n) is 5.72. The van der Waals surface area contributed by atoms with Crippen molar-refractivity contribution in [2.45, 2.75) is 33.1 Å². The number of hydrogen-bond donors (Lipinski definition) is 1. The van der Waals surface area contributed by atoms with Gasteiger partial charge in [-0.2, -0.15) is 0 Å². The van der Waals surface area contributed by atoms with Gasteiger partial charge in [-0.3, -0.25) is 9.20 Å². The van der Waals surface area contributed by atoms with Gasteiger partial charge in [0.1, 0.15) is 23.0 Å². The minimum Gasteiger partial charge on any atom is -0.508 e. The normalized spacial score (nSPS) is 11.1. The molecule has 0 unspecified atom stereocenters. The highest BCUT2D eigenvalue weighted by molar-refractivity contribution is 5.71. The molecule has 7 heteroatoms. The van der Waals surface area contributed by atoms with Crippen LogP contribution in [0.2, 0.25) is 0 Å². The van der Waals surface area contributed by atoms with Gasteiger partial charge in [-0.25, -0.2) is 9.97 Å². The number of aromatic nitrogens is 3. The third-order valence-corrected chi connectivity index (χ3v) is 5.72. The van der Waals surface area contributed by atoms with Crippen LogP contribution in [-0.4, -0.2) is 25.4 Å². The van der Waals surface area contributed by atoms with E-state index in [1.54, 1.807) is 28.7 Å². The molecule has 35 heavy (non-hydrogen) atoms. The van der Waals surface area contributed by atoms with Crippen LogP contribution < -0.4 is 4.74 Å². The van der Waals surface area contributed by atoms with Crippen LogP contribution in [0.5, 0.6) is 11.6 Å². The van der Waals surface area contributed by atoms with Gasteiger partial charge < -0.3 is 14.3 Å². The number of ether oxygens (including phenoxy) is 1. The fourth-order valence-electron chi connectivity index (χ4n) is 4.05. The molecule has 0 aliphatic carbocycles. The minimum absolute atomic E-state index is 0.176. The molecule has 0 amide bonds. The van der Waals surface area contributed by atoms with Crippen LogP contribution in [0.3, 0.4) is 0 Å². The average Bonchev–Trinajstić information content (AvgIpc) is 3.45. The molecule has 1 N–H and O–H groups in total. The molecule has 0 spiro atoms. The van der Waals surface area contributed by atoms with Crippen molar-refractivity contribution in [2.24, 2.45) is 0 Å². The van der Waals surface area contributed by atoms with Gasteiger partial charge in [-0.15, -0.1) is 0 Å². The molecule has 3 heterocycles. The number of esters is 1. The lowest BCUT2D eigenvalue weighted by atomic mass is 10.1. The Morgan fingerprint density at radius 3 is 2.37 bits per heavy atom. The van der Waals surface area contributed by atoms with Crippen LogP contribution in [0.25, 0.3) is 16.9 Å². The van der Waals surface area contributed by atoms with E-state index in [4.69, 9.17) is 19.1 Å². The number of fused-ring (bicyclic) bond motifs is 1. The van der Waals surface area contributed by atoms with Gasteiger partial charge in [0.05, 0.1) is 17.8 Å². The predicted molar refractivity (Wildman–Crippen MR) is 132 cm³/mol. The Kier molecular flexibility index (Phi) is 6.06. The molecule has 176 valence electrons. The van der Waals surface area contributed by atoms with Crippen LogP contribution >= 0.6 is 0 Å². The lowest BCUT2D eigenvalue weighted by Crippen LogP contribution is -2.07. The van der Waals surface area contributed by atoms with Gasteiger partial charge in [0.15, 0.2) is 5.65 Å². The molecule has 7 nitrogen and oxygen atoms in total. The van der Waals surface area contributed by atoms with Crippen LogP contribution in [0.15, 0.2) is 77.3 Å². The van der Waals surface area contributed by atoms with Crippen LogP contribution in [0.1, 0.15) is 42.3 Å². The summed E-state index contributed by atoms with van der Waals surface area (Å²) in [6.07, 6.45) is 3.53. The highest BCUT2D eigenvalue weighted by atomic mass is 16.5. The van der Waals surface area contributed by atoms with E-state index in [0.29, 0.717) is 35.8 Å². The molecule has 0 saturated carbocycles. The van der Waals surface area contributed by atoms with Gasteiger partial charge in [0, 0.05) is 31.5 Å². The molecular weight excluding hydrogens is 442 g/mol. The van der Waals surface area contributed by atoms with E-state index in [2.05, 4.69) is 0 Å². The number of phenolic OH excluding ortho intramolecular Hbond substituents is 1. The number of benzene rings is 2. The summed E-state index contributed by atoms with van der Waals surface area (Å²) < 4.78 is 13.4. The van der Waals surface area contributed by atoms with Gasteiger partial charge >= 0.3 is 5.97 Å². The molecule has 3 aromatic heterocycles. The molecule has 0 fully saturated rings. The summed E-state index contributed by atoms with van der Waals surface area (Å²) in [5, 5.41) is 9.73. The number of imidazole rings is 1. The van der Waals surface area contributed by atoms with E-state index in [1.807, 2.05) is 55.6 Å². The van der Waals surface area contributed by atoms with E-state index >= 15 is 0 Å². The molecule has 0 aliphatic rings. The van der Waals surface area contributed by atoms with Gasteiger partial charge in [-0.1, -0.05) is 37.3 Å². The Morgan fingerprint density at radius 1 is 0.943 bits per heavy atom. The maximum absolute atomic E-state index is 12.0. The van der Waals surface area contributed by atoms with Crippen molar-refractivity contribution in [1.29, 1.82) is 0 Å². The lowest BCUT2D eigenvalue weighted by molar-refractivity contribution is -0.132. The van der Waals surface area contributed by atoms with Gasteiger partial charge in [0.25, 0.3) is 0 Å². The largest absolute Gasteiger partial charge is 0.508 e. The number of carbonyl (C=O) groups is 1. The SMILES string of the molecule is CCc1ccc(Cc2nc3c(Cc4ccccc4)nc(-c4ccc(O)cc4)cn3c2OC(C)=O)o1. The Hall–Kier alpha value is -4.39. The Morgan fingerprint density at radius 2 is 1.69 bits per heavy atom. The van der Waals surface area contributed by atoms with Crippen molar-refractivity contribution in [3.63, 3.8) is 0 Å². The highest BCUT2D eigenvalue weighted by Gasteiger charge is 2.21. The molecule has 5 rings (SSSR count). The van der Waals surface area contributed by atoms with Gasteiger partial charge in [0.2, 0.25) is 5.88 Å². The summed E-state index contributed by atoms with van der Waals surface area (Å²) in [6, 6.07) is 20.7. The van der Waals surface area contributed by atoms with Crippen molar-refractivity contribution in [1.82, 2.24) is 14.4 Å². The number of phenols is 1. The zero-order valence-corrected chi connectivity index (χ0v) is 19.6. The summed E-state index contributed by atoms with van der Waals surface area (Å²) in [7, 11) is 0. The fourth-order valence-corrected chi connectivity index (χ4v) is 4.05. The van der Waals surface area contributed by atoms with Gasteiger partial charge in [-0.05, 0) is 42.0 Å². The number of aromatic hydroxyl groups is 1. The molecule has 0 bridgehead atoms. The second-order valence-electron chi connectivity index (χ2n) is 8.33. The lowest BCUT2D eigenvalue weighted by Gasteiger charge is -2.10. The van der Waals surface area contributed by atoms with E-state index < -0.39 is 5.97 Å². The smallest absolute Gasteiger partial charge is 0.309 e. The van der Waals surface area contributed by atoms with Crippen LogP contribution in [0, 0.1) is 0 Å². The monoisotopic (exact) mass is 467 g/mol. The first-order chi connectivity index (χ1) is 17.0. The number of furan rings is 1. The summed E-state index contributed by atoms with van der Waals surface area (Å²) in [6.45, 7) is 3.41. The molecule has 2 aromatic carbocycles. The first-order valence-electron chi connectivity index (χ1n) is 11.5. The fraction of sp³-hybridized carbons (Fsp3) is 0.179. The zero-order chi connectivity index (χ0) is 24.4. The molecule has 0 saturated heterocycles. The number of rotatable bonds is 7. The second-order valence-corrected chi connectivity index (χ2v) is 8.33. The standard InChI is InChI=1S/C28H25N3O4/c1-3-22-13-14-23(35-22)16-25-28(34-18(2)32)31-17-26(20-9-11-21(33)12-10-20)29-24(27(31)30-25)15-19-7-5-4-6-8-19/h4-14,17,33H,3,15-16H2,1-2H3. The van der Waals surface area contributed by atoms with Crippen molar-refractivity contribution in [2.75, 3.05) is 0 Å². The highest BCUT2D eigenvalue weighted by Crippen LogP contribution is 2.30. The van der Waals surface area contributed by atoms with Crippen molar-refractivity contribution >= 4 is 11.6 Å². The van der Waals surface area contributed by atoms with Crippen LogP contribution in [0.4, 0.5) is 0 Å². The predicted octanol–water partition coefficient (Wildman–Crippen LogP) is 5.36. The third kappa shape index (κ3) is 4.80. The van der Waals surface area contributed by atoms with Crippen molar-refractivity contribution < 1.29 is 19.1 Å². The summed E-state index contributed by atoms with van der Waals surface area (Å²) in [4.78, 5) is 21.8. The first-order valence-corrected chi connectivity index (χ1v) is 11.5. The quantitative estimate of drug-likeness (QED) is 0.324. The van der Waals surface area contributed by atoms with E-state index in [9.17, 15) is 9.90 Å². The average molecular weight is 468 g/mol. The first kappa shape index (κ1) is 22.4. The maximum atomic E-state index is 12.0. The van der Waals surface area contributed by atoms with Crippen molar-refractivity contribution in [3.8, 4) is 22.9 Å². The van der Waals surface area contributed by atoms with Crippen LogP contribution in [-0.2, 0) is 24.1 Å². The van der Waals surface area contributed by atoms with E-state index in [-0.39, 0.29) is 5.75 Å². The summed E-state index contributed by atoms with van der Waals surface area (Å²) >= 11 is 0. The number of carbonyl (C=O) groups excluding carboxylic acids is 1. The zero-order valence-electron chi connectivity index (χ0n) is 19.6. The Bertz CT molecular complexity index is 1480. The van der Waals surface area contributed by atoms with E-state index in [1.165, 1.54) is 6.92 Å². The molecule has 0 radical (unpaired) electrons. The number of nitrogens with zero attached hydrogens (tertiary/aromatic N) is 3. The topological polar surface area (TPSA) is 89.9 Å². The van der Waals surface area contributed by atoms with Crippen molar-refractivity contribution in [3.05, 3.63) is 101 Å². The maximum Gasteiger partial charge on any atom is 0.309 e. The Labute approximate surface area is 202 Å². The molecule has 0 atom stereocenters. The molecular formula is C28H25N3O4. The second kappa shape index (κ2) is 9.46. The van der Waals surface area contributed by atoms with E-state index in [0.717, 1.165) is 34.8 Å². The molecule has 0 aliphatic heterocycles. The number of aryl methyl sites for hydroxylation is 1. The Balaban J connectivity index is 1.69. The number of hydrogen-bond acceptors (Lipinski definition) is 6. The summed E-state index contributed by atoms with van der Waals surface area (Å²) in [5.41, 5.74) is 4.53. The minimum atomic E-state index is -0.436. The molecule has 5 aromatic rings. The summed E-state index contributed by atoms with van der Waals surface area (Å²) in [5.74, 6) is 1.72.